The summed E-state index contributed by atoms with van der Waals surface area (Å²) in [4.78, 5) is 16.4. The number of carbonyl (C=O) groups is 1. The highest BCUT2D eigenvalue weighted by molar-refractivity contribution is 5.82. The van der Waals surface area contributed by atoms with Gasteiger partial charge in [-0.3, -0.25) is 4.79 Å². The molecule has 21 heavy (non-hydrogen) atoms. The summed E-state index contributed by atoms with van der Waals surface area (Å²) in [6.07, 6.45) is 0. The lowest BCUT2D eigenvalue weighted by molar-refractivity contribution is -0.135. The Bertz CT molecular complexity index is 487. The number of amides is 1. The molecule has 2 rings (SSSR count). The van der Waals surface area contributed by atoms with Crippen LogP contribution in [0.1, 0.15) is 20.8 Å². The van der Waals surface area contributed by atoms with Crippen LogP contribution in [0.4, 0.5) is 10.1 Å². The van der Waals surface area contributed by atoms with Crippen molar-refractivity contribution in [2.45, 2.75) is 26.8 Å². The molecule has 1 heterocycles. The van der Waals surface area contributed by atoms with E-state index < -0.39 is 6.04 Å². The second kappa shape index (κ2) is 6.02. The predicted molar refractivity (Wildman–Crippen MR) is 82.6 cm³/mol. The van der Waals surface area contributed by atoms with Gasteiger partial charge in [0.1, 0.15) is 5.82 Å². The molecule has 0 aromatic heterocycles. The Morgan fingerprint density at radius 3 is 2.14 bits per heavy atom. The molecule has 1 amide bonds. The number of nitrogens with zero attached hydrogens (tertiary/aromatic N) is 2. The van der Waals surface area contributed by atoms with Crippen LogP contribution in [-0.2, 0) is 4.79 Å². The molecule has 4 nitrogen and oxygen atoms in total. The SMILES string of the molecule is CC(C)(C)C(N)C(=O)N1CCN(c2ccc(F)cc2)CC1. The predicted octanol–water partition coefficient (Wildman–Crippen LogP) is 1.85. The fraction of sp³-hybridized carbons (Fsp3) is 0.562. The lowest BCUT2D eigenvalue weighted by Crippen LogP contribution is -2.56. The first-order valence-electron chi connectivity index (χ1n) is 7.34. The number of rotatable bonds is 2. The van der Waals surface area contributed by atoms with Gasteiger partial charge >= 0.3 is 0 Å². The van der Waals surface area contributed by atoms with Crippen LogP contribution >= 0.6 is 0 Å². The highest BCUT2D eigenvalue weighted by Gasteiger charge is 2.32. The van der Waals surface area contributed by atoms with Crippen LogP contribution in [0.15, 0.2) is 24.3 Å². The molecule has 1 fully saturated rings. The van der Waals surface area contributed by atoms with Gasteiger partial charge in [-0.05, 0) is 29.7 Å². The molecule has 1 aliphatic rings. The number of piperazine rings is 1. The monoisotopic (exact) mass is 293 g/mol. The van der Waals surface area contributed by atoms with Crippen LogP contribution in [0.25, 0.3) is 0 Å². The number of benzene rings is 1. The second-order valence-electron chi connectivity index (χ2n) is 6.63. The molecule has 0 radical (unpaired) electrons. The molecule has 0 spiro atoms. The van der Waals surface area contributed by atoms with Crippen molar-refractivity contribution in [1.82, 2.24) is 4.90 Å². The van der Waals surface area contributed by atoms with Crippen molar-refractivity contribution in [1.29, 1.82) is 0 Å². The van der Waals surface area contributed by atoms with E-state index in [1.807, 2.05) is 25.7 Å². The third-order valence-corrected chi connectivity index (χ3v) is 3.98. The molecular formula is C16H24FN3O. The van der Waals surface area contributed by atoms with E-state index in [2.05, 4.69) is 4.90 Å². The number of carbonyl (C=O) groups excluding carboxylic acids is 1. The van der Waals surface area contributed by atoms with Crippen molar-refractivity contribution in [3.8, 4) is 0 Å². The maximum absolute atomic E-state index is 12.9. The summed E-state index contributed by atoms with van der Waals surface area (Å²) in [6.45, 7) is 8.72. The maximum atomic E-state index is 12.9. The summed E-state index contributed by atoms with van der Waals surface area (Å²) < 4.78 is 12.9. The number of halogens is 1. The first-order chi connectivity index (χ1) is 9.79. The molecule has 1 unspecified atom stereocenters. The molecule has 1 aromatic rings. The van der Waals surface area contributed by atoms with E-state index in [0.29, 0.717) is 13.1 Å². The maximum Gasteiger partial charge on any atom is 0.240 e. The van der Waals surface area contributed by atoms with Gasteiger partial charge in [-0.1, -0.05) is 20.8 Å². The largest absolute Gasteiger partial charge is 0.368 e. The lowest BCUT2D eigenvalue weighted by Gasteiger charge is -2.39. The highest BCUT2D eigenvalue weighted by Crippen LogP contribution is 2.21. The van der Waals surface area contributed by atoms with Crippen molar-refractivity contribution >= 4 is 11.6 Å². The number of nitrogens with two attached hydrogens (primary N) is 1. The number of hydrogen-bond donors (Lipinski definition) is 1. The standard InChI is InChI=1S/C16H24FN3O/c1-16(2,3)14(18)15(21)20-10-8-19(9-11-20)13-6-4-12(17)5-7-13/h4-7,14H,8-11,18H2,1-3H3. The van der Waals surface area contributed by atoms with Gasteiger partial charge in [0, 0.05) is 31.9 Å². The molecule has 1 aliphatic heterocycles. The third kappa shape index (κ3) is 3.73. The van der Waals surface area contributed by atoms with Gasteiger partial charge in [-0.25, -0.2) is 4.39 Å². The molecular weight excluding hydrogens is 269 g/mol. The molecule has 116 valence electrons. The summed E-state index contributed by atoms with van der Waals surface area (Å²) in [5, 5.41) is 0. The summed E-state index contributed by atoms with van der Waals surface area (Å²) in [5.41, 5.74) is 6.80. The molecule has 5 heteroatoms. The van der Waals surface area contributed by atoms with Crippen molar-refractivity contribution < 1.29 is 9.18 Å². The van der Waals surface area contributed by atoms with E-state index in [9.17, 15) is 9.18 Å². The fourth-order valence-corrected chi connectivity index (χ4v) is 2.40. The Labute approximate surface area is 125 Å². The molecule has 2 N–H and O–H groups in total. The minimum atomic E-state index is -0.477. The zero-order valence-corrected chi connectivity index (χ0v) is 13.0. The molecule has 0 saturated carbocycles. The van der Waals surface area contributed by atoms with Crippen LogP contribution < -0.4 is 10.6 Å². The Morgan fingerprint density at radius 2 is 1.67 bits per heavy atom. The van der Waals surface area contributed by atoms with E-state index in [1.165, 1.54) is 12.1 Å². The van der Waals surface area contributed by atoms with Gasteiger partial charge in [0.05, 0.1) is 6.04 Å². The number of anilines is 1. The van der Waals surface area contributed by atoms with Gasteiger partial charge in [-0.15, -0.1) is 0 Å². The summed E-state index contributed by atoms with van der Waals surface area (Å²) >= 11 is 0. The minimum Gasteiger partial charge on any atom is -0.368 e. The Kier molecular flexibility index (Phi) is 4.52. The first kappa shape index (κ1) is 15.8. The molecule has 1 atom stereocenters. The van der Waals surface area contributed by atoms with E-state index in [4.69, 9.17) is 5.73 Å². The van der Waals surface area contributed by atoms with Crippen LogP contribution in [0.3, 0.4) is 0 Å². The average Bonchev–Trinajstić information content (AvgIpc) is 2.46. The van der Waals surface area contributed by atoms with Gasteiger partial charge in [0.25, 0.3) is 0 Å². The van der Waals surface area contributed by atoms with Crippen molar-refractivity contribution in [2.24, 2.45) is 11.1 Å². The molecule has 0 aliphatic carbocycles. The van der Waals surface area contributed by atoms with E-state index in [0.717, 1.165) is 18.8 Å². The second-order valence-corrected chi connectivity index (χ2v) is 6.63. The Balaban J connectivity index is 1.94. The molecule has 0 bridgehead atoms. The van der Waals surface area contributed by atoms with E-state index >= 15 is 0 Å². The summed E-state index contributed by atoms with van der Waals surface area (Å²) in [6, 6.07) is 5.99. The van der Waals surface area contributed by atoms with Gasteiger partial charge < -0.3 is 15.5 Å². The van der Waals surface area contributed by atoms with Gasteiger partial charge in [0.15, 0.2) is 0 Å². The fourth-order valence-electron chi connectivity index (χ4n) is 2.40. The first-order valence-corrected chi connectivity index (χ1v) is 7.34. The van der Waals surface area contributed by atoms with Crippen molar-refractivity contribution in [3.63, 3.8) is 0 Å². The average molecular weight is 293 g/mol. The Morgan fingerprint density at radius 1 is 1.14 bits per heavy atom. The van der Waals surface area contributed by atoms with Crippen LogP contribution in [0, 0.1) is 11.2 Å². The zero-order chi connectivity index (χ0) is 15.6. The van der Waals surface area contributed by atoms with Gasteiger partial charge in [-0.2, -0.15) is 0 Å². The number of hydrogen-bond acceptors (Lipinski definition) is 3. The Hall–Kier alpha value is -1.62. The summed E-state index contributed by atoms with van der Waals surface area (Å²) in [7, 11) is 0. The minimum absolute atomic E-state index is 0.0151. The zero-order valence-electron chi connectivity index (χ0n) is 13.0. The van der Waals surface area contributed by atoms with E-state index in [1.54, 1.807) is 12.1 Å². The van der Waals surface area contributed by atoms with Crippen molar-refractivity contribution in [2.75, 3.05) is 31.1 Å². The van der Waals surface area contributed by atoms with Crippen LogP contribution in [-0.4, -0.2) is 43.0 Å². The molecule has 1 aromatic carbocycles. The third-order valence-electron chi connectivity index (χ3n) is 3.98. The normalized spacial score (nSPS) is 17.8. The topological polar surface area (TPSA) is 49.6 Å². The smallest absolute Gasteiger partial charge is 0.240 e. The highest BCUT2D eigenvalue weighted by atomic mass is 19.1. The van der Waals surface area contributed by atoms with Crippen LogP contribution in [0.2, 0.25) is 0 Å². The van der Waals surface area contributed by atoms with E-state index in [-0.39, 0.29) is 17.1 Å². The van der Waals surface area contributed by atoms with Crippen LogP contribution in [0.5, 0.6) is 0 Å². The lowest BCUT2D eigenvalue weighted by atomic mass is 9.86. The summed E-state index contributed by atoms with van der Waals surface area (Å²) in [5.74, 6) is -0.218. The van der Waals surface area contributed by atoms with Gasteiger partial charge in [0.2, 0.25) is 5.91 Å². The quantitative estimate of drug-likeness (QED) is 0.905. The van der Waals surface area contributed by atoms with Crippen molar-refractivity contribution in [3.05, 3.63) is 30.1 Å². The molecule has 1 saturated heterocycles.